The molecule has 0 aliphatic rings. The number of rotatable bonds is 3. The summed E-state index contributed by atoms with van der Waals surface area (Å²) in [6.07, 6.45) is 0. The highest BCUT2D eigenvalue weighted by Crippen LogP contribution is 2.22. The second-order valence-electron chi connectivity index (χ2n) is 4.59. The van der Waals surface area contributed by atoms with Crippen molar-refractivity contribution < 1.29 is 0 Å². The number of nitrogens with zero attached hydrogens (tertiary/aromatic N) is 2. The molecule has 21 heavy (non-hydrogen) atoms. The number of benzene rings is 1. The molecule has 3 rings (SSSR count). The van der Waals surface area contributed by atoms with E-state index in [1.165, 1.54) is 17.4 Å². The van der Waals surface area contributed by atoms with Crippen molar-refractivity contribution in [3.63, 3.8) is 0 Å². The van der Waals surface area contributed by atoms with Gasteiger partial charge in [0.2, 0.25) is 0 Å². The highest BCUT2D eigenvalue weighted by atomic mass is 35.5. The average Bonchev–Trinajstić information content (AvgIpc) is 2.77. The van der Waals surface area contributed by atoms with E-state index < -0.39 is 0 Å². The normalized spacial score (nSPS) is 11.0. The summed E-state index contributed by atoms with van der Waals surface area (Å²) in [5.74, 6) is 0. The van der Waals surface area contributed by atoms with Gasteiger partial charge in [-0.15, -0.1) is 11.3 Å². The van der Waals surface area contributed by atoms with Crippen molar-refractivity contribution in [3.8, 4) is 0 Å². The van der Waals surface area contributed by atoms with Crippen LogP contribution in [-0.4, -0.2) is 9.38 Å². The van der Waals surface area contributed by atoms with Crippen LogP contribution < -0.4 is 10.9 Å². The molecule has 1 N–H and O–H groups in total. The SMILES string of the molecule is Cc1csc2nc(CNc3cc(Cl)cc(Cl)c3)cc(=O)n12. The fourth-order valence-electron chi connectivity index (χ4n) is 2.04. The van der Waals surface area contributed by atoms with Crippen molar-refractivity contribution in [2.45, 2.75) is 13.5 Å². The fourth-order valence-corrected chi connectivity index (χ4v) is 3.46. The minimum atomic E-state index is -0.0697. The summed E-state index contributed by atoms with van der Waals surface area (Å²) in [4.78, 5) is 17.2. The van der Waals surface area contributed by atoms with Crippen molar-refractivity contribution in [3.05, 3.63) is 61.4 Å². The van der Waals surface area contributed by atoms with Crippen molar-refractivity contribution in [2.75, 3.05) is 5.32 Å². The minimum Gasteiger partial charge on any atom is -0.379 e. The van der Waals surface area contributed by atoms with Crippen LogP contribution >= 0.6 is 34.5 Å². The Morgan fingerprint density at radius 2 is 1.95 bits per heavy atom. The third-order valence-corrected chi connectivity index (χ3v) is 4.34. The molecule has 0 unspecified atom stereocenters. The summed E-state index contributed by atoms with van der Waals surface area (Å²) >= 11 is 13.3. The van der Waals surface area contributed by atoms with Crippen LogP contribution in [0.5, 0.6) is 0 Å². The van der Waals surface area contributed by atoms with Crippen LogP contribution in [0.4, 0.5) is 5.69 Å². The fraction of sp³-hybridized carbons (Fsp3) is 0.143. The monoisotopic (exact) mass is 339 g/mol. The van der Waals surface area contributed by atoms with Gasteiger partial charge in [-0.1, -0.05) is 23.2 Å². The molecule has 0 aliphatic heterocycles. The Balaban J connectivity index is 1.86. The van der Waals surface area contributed by atoms with Crippen molar-refractivity contribution in [1.82, 2.24) is 9.38 Å². The van der Waals surface area contributed by atoms with Gasteiger partial charge in [-0.3, -0.25) is 9.20 Å². The zero-order valence-electron chi connectivity index (χ0n) is 11.1. The van der Waals surface area contributed by atoms with Crippen molar-refractivity contribution in [2.24, 2.45) is 0 Å². The first-order valence-electron chi connectivity index (χ1n) is 6.20. The first kappa shape index (κ1) is 14.4. The third kappa shape index (κ3) is 3.05. The molecular formula is C14H11Cl2N3OS. The highest BCUT2D eigenvalue weighted by Gasteiger charge is 2.06. The maximum Gasteiger partial charge on any atom is 0.259 e. The molecule has 0 saturated carbocycles. The maximum absolute atomic E-state index is 12.1. The first-order chi connectivity index (χ1) is 10.0. The zero-order valence-corrected chi connectivity index (χ0v) is 13.4. The lowest BCUT2D eigenvalue weighted by Crippen LogP contribution is -2.16. The number of aryl methyl sites for hydroxylation is 1. The molecule has 2 heterocycles. The number of halogens is 2. The summed E-state index contributed by atoms with van der Waals surface area (Å²) in [7, 11) is 0. The molecule has 0 bridgehead atoms. The van der Waals surface area contributed by atoms with Gasteiger partial charge in [0, 0.05) is 32.9 Å². The number of hydrogen-bond acceptors (Lipinski definition) is 4. The summed E-state index contributed by atoms with van der Waals surface area (Å²) in [5.41, 5.74) is 2.29. The Labute approximate surface area is 135 Å². The Bertz CT molecular complexity index is 852. The average molecular weight is 340 g/mol. The molecule has 0 saturated heterocycles. The van der Waals surface area contributed by atoms with E-state index in [4.69, 9.17) is 23.2 Å². The van der Waals surface area contributed by atoms with Crippen LogP contribution in [0, 0.1) is 6.92 Å². The van der Waals surface area contributed by atoms with E-state index in [9.17, 15) is 4.79 Å². The number of thiazole rings is 1. The number of nitrogens with one attached hydrogen (secondary N) is 1. The molecule has 7 heteroatoms. The van der Waals surface area contributed by atoms with Gasteiger partial charge in [-0.2, -0.15) is 0 Å². The minimum absolute atomic E-state index is 0.0697. The standard InChI is InChI=1S/C14H11Cl2N3OS/c1-8-7-21-14-18-12(5-13(20)19(8)14)6-17-11-3-9(15)2-10(16)4-11/h2-5,7,17H,6H2,1H3. The Hall–Kier alpha value is -1.56. The quantitative estimate of drug-likeness (QED) is 0.784. The lowest BCUT2D eigenvalue weighted by atomic mass is 10.3. The van der Waals surface area contributed by atoms with Gasteiger partial charge in [-0.05, 0) is 25.1 Å². The lowest BCUT2D eigenvalue weighted by molar-refractivity contribution is 0.966. The van der Waals surface area contributed by atoms with Gasteiger partial charge >= 0.3 is 0 Å². The number of aromatic nitrogens is 2. The predicted octanol–water partition coefficient (Wildman–Crippen LogP) is 3.98. The van der Waals surface area contributed by atoms with Gasteiger partial charge in [0.05, 0.1) is 12.2 Å². The van der Waals surface area contributed by atoms with E-state index in [1.54, 1.807) is 22.6 Å². The molecule has 4 nitrogen and oxygen atoms in total. The van der Waals surface area contributed by atoms with Crippen molar-refractivity contribution >= 4 is 45.2 Å². The molecule has 0 fully saturated rings. The van der Waals surface area contributed by atoms with Gasteiger partial charge in [-0.25, -0.2) is 4.98 Å². The number of anilines is 1. The largest absolute Gasteiger partial charge is 0.379 e. The summed E-state index contributed by atoms with van der Waals surface area (Å²) in [6, 6.07) is 6.74. The first-order valence-corrected chi connectivity index (χ1v) is 7.83. The topological polar surface area (TPSA) is 46.4 Å². The molecule has 1 aromatic carbocycles. The van der Waals surface area contributed by atoms with E-state index >= 15 is 0 Å². The summed E-state index contributed by atoms with van der Waals surface area (Å²) in [5, 5.41) is 6.20. The number of fused-ring (bicyclic) bond motifs is 1. The maximum atomic E-state index is 12.1. The second kappa shape index (κ2) is 5.67. The van der Waals surface area contributed by atoms with E-state index in [0.717, 1.165) is 11.4 Å². The highest BCUT2D eigenvalue weighted by molar-refractivity contribution is 7.15. The molecule has 2 aromatic heterocycles. The van der Waals surface area contributed by atoms with E-state index in [2.05, 4.69) is 10.3 Å². The van der Waals surface area contributed by atoms with Gasteiger partial charge in [0.25, 0.3) is 5.56 Å². The van der Waals surface area contributed by atoms with E-state index in [-0.39, 0.29) is 5.56 Å². The Morgan fingerprint density at radius 1 is 1.24 bits per heavy atom. The van der Waals surface area contributed by atoms with Crippen LogP contribution in [0.1, 0.15) is 11.4 Å². The van der Waals surface area contributed by atoms with Gasteiger partial charge in [0.1, 0.15) is 0 Å². The molecule has 108 valence electrons. The van der Waals surface area contributed by atoms with Crippen LogP contribution in [-0.2, 0) is 6.54 Å². The molecular weight excluding hydrogens is 329 g/mol. The van der Waals surface area contributed by atoms with Crippen molar-refractivity contribution in [1.29, 1.82) is 0 Å². The molecule has 0 spiro atoms. The number of hydrogen-bond donors (Lipinski definition) is 1. The lowest BCUT2D eigenvalue weighted by Gasteiger charge is -2.07. The molecule has 0 amide bonds. The zero-order chi connectivity index (χ0) is 15.0. The molecule has 3 aromatic rings. The predicted molar refractivity (Wildman–Crippen MR) is 87.9 cm³/mol. The third-order valence-electron chi connectivity index (χ3n) is 2.96. The van der Waals surface area contributed by atoms with Gasteiger partial charge < -0.3 is 5.32 Å². The smallest absolute Gasteiger partial charge is 0.259 e. The van der Waals surface area contributed by atoms with Crippen LogP contribution in [0.15, 0.2) is 34.4 Å². The summed E-state index contributed by atoms with van der Waals surface area (Å²) in [6.45, 7) is 2.32. The Kier molecular flexibility index (Phi) is 3.89. The molecule has 0 aliphatic carbocycles. The molecule has 0 radical (unpaired) electrons. The van der Waals surface area contributed by atoms with Gasteiger partial charge in [0.15, 0.2) is 4.96 Å². The second-order valence-corrected chi connectivity index (χ2v) is 6.30. The Morgan fingerprint density at radius 3 is 2.67 bits per heavy atom. The van der Waals surface area contributed by atoms with Crippen LogP contribution in [0.2, 0.25) is 10.0 Å². The van der Waals surface area contributed by atoms with E-state index in [0.29, 0.717) is 27.2 Å². The summed E-state index contributed by atoms with van der Waals surface area (Å²) < 4.78 is 1.60. The molecule has 0 atom stereocenters. The van der Waals surface area contributed by atoms with E-state index in [1.807, 2.05) is 12.3 Å². The van der Waals surface area contributed by atoms with Crippen LogP contribution in [0.3, 0.4) is 0 Å². The van der Waals surface area contributed by atoms with Crippen LogP contribution in [0.25, 0.3) is 4.96 Å².